The maximum atomic E-state index is 12.6. The molecule has 0 saturated heterocycles. The van der Waals surface area contributed by atoms with Crippen LogP contribution in [-0.4, -0.2) is 58.8 Å². The van der Waals surface area contributed by atoms with Crippen molar-refractivity contribution in [3.05, 3.63) is 41.4 Å². The second-order valence-corrected chi connectivity index (χ2v) is 5.87. The number of aliphatic hydroxyl groups excluding tert-OH is 1. The van der Waals surface area contributed by atoms with Crippen molar-refractivity contribution in [2.24, 2.45) is 0 Å². The molecule has 0 fully saturated rings. The molecule has 27 heavy (non-hydrogen) atoms. The lowest BCUT2D eigenvalue weighted by atomic mass is 10.1. The number of anilines is 1. The van der Waals surface area contributed by atoms with Crippen molar-refractivity contribution in [1.29, 1.82) is 0 Å². The number of carbonyl (C=O) groups excluding carboxylic acids is 2. The zero-order valence-corrected chi connectivity index (χ0v) is 15.1. The van der Waals surface area contributed by atoms with Crippen molar-refractivity contribution in [2.75, 3.05) is 32.1 Å². The number of methoxy groups -OCH3 is 1. The van der Waals surface area contributed by atoms with Crippen LogP contribution in [0.4, 0.5) is 5.69 Å². The zero-order chi connectivity index (χ0) is 19.4. The normalized spacial score (nSPS) is 14.0. The number of esters is 1. The Morgan fingerprint density at radius 2 is 2.26 bits per heavy atom. The van der Waals surface area contributed by atoms with Gasteiger partial charge in [-0.15, -0.1) is 0 Å². The molecule has 2 aromatic rings. The molecule has 0 atom stereocenters. The fourth-order valence-electron chi connectivity index (χ4n) is 2.74. The number of β-amino-alcohol motifs (C(OH)–C–C–N with tert-alkyl or cyclic N) is 1. The Hall–Kier alpha value is -3.20. The third kappa shape index (κ3) is 3.82. The van der Waals surface area contributed by atoms with E-state index >= 15 is 0 Å². The van der Waals surface area contributed by atoms with Crippen LogP contribution >= 0.6 is 0 Å². The van der Waals surface area contributed by atoms with Gasteiger partial charge in [0, 0.05) is 24.2 Å². The highest BCUT2D eigenvalue weighted by Gasteiger charge is 2.34. The van der Waals surface area contributed by atoms with Crippen molar-refractivity contribution >= 4 is 17.6 Å². The number of aromatic nitrogens is 2. The van der Waals surface area contributed by atoms with Crippen LogP contribution in [0.25, 0.3) is 11.5 Å². The van der Waals surface area contributed by atoms with Crippen LogP contribution < -0.4 is 5.32 Å². The average Bonchev–Trinajstić information content (AvgIpc) is 3.28. The van der Waals surface area contributed by atoms with E-state index in [1.54, 1.807) is 18.2 Å². The molecule has 0 unspecified atom stereocenters. The van der Waals surface area contributed by atoms with Crippen LogP contribution in [0.2, 0.25) is 0 Å². The first kappa shape index (κ1) is 18.6. The van der Waals surface area contributed by atoms with Gasteiger partial charge in [-0.2, -0.15) is 4.98 Å². The first-order valence-corrected chi connectivity index (χ1v) is 8.49. The number of hydrogen-bond donors (Lipinski definition) is 2. The van der Waals surface area contributed by atoms with E-state index in [-0.39, 0.29) is 36.9 Å². The summed E-state index contributed by atoms with van der Waals surface area (Å²) in [5, 5.41) is 16.0. The quantitative estimate of drug-likeness (QED) is 0.691. The smallest absolute Gasteiger partial charge is 0.337 e. The van der Waals surface area contributed by atoms with Gasteiger partial charge in [-0.3, -0.25) is 4.79 Å². The standard InChI is InChI=1S/C18H20N4O5/c1-3-14-20-16(27-21-14)11-5-4-6-12(9-11)19-15-13(18(25)26-2)10-22(7-8-23)17(15)24/h4-6,9,19,23H,3,7-8,10H2,1-2H3. The Morgan fingerprint density at radius 1 is 1.44 bits per heavy atom. The number of aryl methyl sites for hydroxylation is 1. The third-order valence-electron chi connectivity index (χ3n) is 4.12. The largest absolute Gasteiger partial charge is 0.466 e. The van der Waals surface area contributed by atoms with Crippen molar-refractivity contribution in [2.45, 2.75) is 13.3 Å². The summed E-state index contributed by atoms with van der Waals surface area (Å²) >= 11 is 0. The van der Waals surface area contributed by atoms with Crippen LogP contribution in [-0.2, 0) is 20.7 Å². The van der Waals surface area contributed by atoms with Crippen LogP contribution in [0.3, 0.4) is 0 Å². The van der Waals surface area contributed by atoms with Crippen molar-refractivity contribution < 1.29 is 24.0 Å². The predicted molar refractivity (Wildman–Crippen MR) is 95.4 cm³/mol. The Morgan fingerprint density at radius 3 is 2.93 bits per heavy atom. The van der Waals surface area contributed by atoms with Gasteiger partial charge in [0.25, 0.3) is 11.8 Å². The van der Waals surface area contributed by atoms with Gasteiger partial charge in [0.1, 0.15) is 5.70 Å². The molecule has 0 bridgehead atoms. The predicted octanol–water partition coefficient (Wildman–Crippen LogP) is 0.972. The van der Waals surface area contributed by atoms with E-state index < -0.39 is 5.97 Å². The maximum Gasteiger partial charge on any atom is 0.337 e. The molecular formula is C18H20N4O5. The SMILES string of the molecule is CCc1noc(-c2cccc(NC3=C(C(=O)OC)CN(CCO)C3=O)c2)n1. The summed E-state index contributed by atoms with van der Waals surface area (Å²) in [7, 11) is 1.26. The molecule has 1 aromatic carbocycles. The molecule has 0 spiro atoms. The number of hydrogen-bond acceptors (Lipinski definition) is 8. The monoisotopic (exact) mass is 372 g/mol. The highest BCUT2D eigenvalue weighted by atomic mass is 16.5. The molecule has 1 aromatic heterocycles. The van der Waals surface area contributed by atoms with Gasteiger partial charge in [0.2, 0.25) is 0 Å². The summed E-state index contributed by atoms with van der Waals surface area (Å²) in [5.74, 6) is 0.00911. The summed E-state index contributed by atoms with van der Waals surface area (Å²) in [5.41, 5.74) is 1.61. The molecule has 1 amide bonds. The van der Waals surface area contributed by atoms with Crippen molar-refractivity contribution in [3.8, 4) is 11.5 Å². The van der Waals surface area contributed by atoms with Crippen LogP contribution in [0, 0.1) is 0 Å². The summed E-state index contributed by atoms with van der Waals surface area (Å²) in [6, 6.07) is 7.08. The van der Waals surface area contributed by atoms with Crippen LogP contribution in [0.1, 0.15) is 12.7 Å². The number of aliphatic hydroxyl groups is 1. The first-order valence-electron chi connectivity index (χ1n) is 8.49. The molecule has 0 aliphatic carbocycles. The molecular weight excluding hydrogens is 352 g/mol. The average molecular weight is 372 g/mol. The topological polar surface area (TPSA) is 118 Å². The Kier molecular flexibility index (Phi) is 5.51. The van der Waals surface area contributed by atoms with Gasteiger partial charge in [0.15, 0.2) is 5.82 Å². The summed E-state index contributed by atoms with van der Waals surface area (Å²) < 4.78 is 10.0. The minimum Gasteiger partial charge on any atom is -0.466 e. The van der Waals surface area contributed by atoms with E-state index in [0.717, 1.165) is 0 Å². The van der Waals surface area contributed by atoms with Gasteiger partial charge < -0.3 is 24.6 Å². The van der Waals surface area contributed by atoms with E-state index in [1.807, 2.05) is 13.0 Å². The van der Waals surface area contributed by atoms with Crippen molar-refractivity contribution in [1.82, 2.24) is 15.0 Å². The molecule has 9 nitrogen and oxygen atoms in total. The number of nitrogens with one attached hydrogen (secondary N) is 1. The Labute approximate surface area is 155 Å². The van der Waals surface area contributed by atoms with Crippen LogP contribution in [0.15, 0.2) is 40.1 Å². The van der Waals surface area contributed by atoms with E-state index in [9.17, 15) is 9.59 Å². The number of rotatable bonds is 7. The Bertz CT molecular complexity index is 889. The van der Waals surface area contributed by atoms with Gasteiger partial charge in [-0.25, -0.2) is 4.79 Å². The van der Waals surface area contributed by atoms with E-state index in [2.05, 4.69) is 15.5 Å². The zero-order valence-electron chi connectivity index (χ0n) is 15.1. The summed E-state index contributed by atoms with van der Waals surface area (Å²) in [6.07, 6.45) is 0.659. The van der Waals surface area contributed by atoms with Gasteiger partial charge >= 0.3 is 5.97 Å². The maximum absolute atomic E-state index is 12.6. The number of carbonyl (C=O) groups is 2. The minimum atomic E-state index is -0.591. The Balaban J connectivity index is 1.89. The summed E-state index contributed by atoms with van der Waals surface area (Å²) in [6.45, 7) is 1.95. The van der Waals surface area contributed by atoms with E-state index in [0.29, 0.717) is 29.4 Å². The molecule has 3 rings (SSSR count). The van der Waals surface area contributed by atoms with Gasteiger partial charge in [-0.05, 0) is 18.2 Å². The summed E-state index contributed by atoms with van der Waals surface area (Å²) in [4.78, 5) is 30.3. The number of benzene rings is 1. The number of nitrogens with zero attached hydrogens (tertiary/aromatic N) is 3. The molecule has 0 saturated carbocycles. The highest BCUT2D eigenvalue weighted by molar-refractivity contribution is 6.08. The molecule has 142 valence electrons. The third-order valence-corrected chi connectivity index (χ3v) is 4.12. The van der Waals surface area contributed by atoms with Crippen molar-refractivity contribution in [3.63, 3.8) is 0 Å². The lowest BCUT2D eigenvalue weighted by Gasteiger charge is -2.15. The molecule has 9 heteroatoms. The molecule has 2 heterocycles. The molecule has 1 aliphatic heterocycles. The number of ether oxygens (including phenoxy) is 1. The van der Waals surface area contributed by atoms with E-state index in [4.69, 9.17) is 14.4 Å². The molecule has 1 aliphatic rings. The lowest BCUT2D eigenvalue weighted by Crippen LogP contribution is -2.31. The minimum absolute atomic E-state index is 0.0810. The second kappa shape index (κ2) is 8.00. The number of amides is 1. The fourth-order valence-corrected chi connectivity index (χ4v) is 2.74. The highest BCUT2D eigenvalue weighted by Crippen LogP contribution is 2.26. The van der Waals surface area contributed by atoms with Gasteiger partial charge in [-0.1, -0.05) is 18.1 Å². The first-order chi connectivity index (χ1) is 13.1. The molecule has 0 radical (unpaired) electrons. The lowest BCUT2D eigenvalue weighted by molar-refractivity contribution is -0.136. The van der Waals surface area contributed by atoms with Gasteiger partial charge in [0.05, 0.1) is 25.8 Å². The molecule has 2 N–H and O–H groups in total. The fraction of sp³-hybridized carbons (Fsp3) is 0.333. The van der Waals surface area contributed by atoms with E-state index in [1.165, 1.54) is 12.0 Å². The second-order valence-electron chi connectivity index (χ2n) is 5.87. The van der Waals surface area contributed by atoms with Crippen LogP contribution in [0.5, 0.6) is 0 Å².